The highest BCUT2D eigenvalue weighted by Crippen LogP contribution is 2.13. The first-order chi connectivity index (χ1) is 11.2. The van der Waals surface area contributed by atoms with Crippen LogP contribution in [0.3, 0.4) is 0 Å². The number of hydrazine groups is 1. The van der Waals surface area contributed by atoms with Crippen LogP contribution in [0, 0.1) is 0 Å². The predicted molar refractivity (Wildman–Crippen MR) is 86.2 cm³/mol. The Morgan fingerprint density at radius 2 is 1.74 bits per heavy atom. The van der Waals surface area contributed by atoms with Crippen LogP contribution in [0.15, 0.2) is 42.6 Å². The molecule has 2 N–H and O–H groups in total. The molecule has 0 atom stereocenters. The molecule has 2 rings (SSSR count). The molecule has 2 amide bonds. The van der Waals surface area contributed by atoms with E-state index in [-0.39, 0.29) is 17.4 Å². The molecule has 23 heavy (non-hydrogen) atoms. The van der Waals surface area contributed by atoms with E-state index in [2.05, 4.69) is 15.8 Å². The monoisotopic (exact) mass is 313 g/mol. The van der Waals surface area contributed by atoms with E-state index in [0.717, 1.165) is 12.0 Å². The second-order valence-electron chi connectivity index (χ2n) is 4.75. The zero-order valence-corrected chi connectivity index (χ0v) is 13.1. The van der Waals surface area contributed by atoms with Crippen molar-refractivity contribution in [2.45, 2.75) is 20.3 Å². The number of carbonyl (C=O) groups excluding carboxylic acids is 2. The van der Waals surface area contributed by atoms with E-state index in [1.165, 1.54) is 6.20 Å². The summed E-state index contributed by atoms with van der Waals surface area (Å²) in [5, 5.41) is 0. The first-order valence-electron chi connectivity index (χ1n) is 7.43. The average molecular weight is 313 g/mol. The molecule has 6 nitrogen and oxygen atoms in total. The summed E-state index contributed by atoms with van der Waals surface area (Å²) in [7, 11) is 0. The van der Waals surface area contributed by atoms with Gasteiger partial charge in [-0.2, -0.15) is 0 Å². The van der Waals surface area contributed by atoms with E-state index in [1.54, 1.807) is 31.2 Å². The van der Waals surface area contributed by atoms with E-state index >= 15 is 0 Å². The molecule has 0 saturated heterocycles. The Bertz CT molecular complexity index is 684. The topological polar surface area (TPSA) is 80.3 Å². The Labute approximate surface area is 134 Å². The van der Waals surface area contributed by atoms with Crippen molar-refractivity contribution >= 4 is 11.8 Å². The van der Waals surface area contributed by atoms with Crippen molar-refractivity contribution in [3.63, 3.8) is 0 Å². The predicted octanol–water partition coefficient (Wildman–Crippen LogP) is 2.12. The minimum absolute atomic E-state index is 0.231. The summed E-state index contributed by atoms with van der Waals surface area (Å²) in [6.45, 7) is 4.24. The van der Waals surface area contributed by atoms with Gasteiger partial charge in [-0.25, -0.2) is 4.98 Å². The third-order valence-corrected chi connectivity index (χ3v) is 3.21. The lowest BCUT2D eigenvalue weighted by Gasteiger charge is -2.10. The second kappa shape index (κ2) is 7.93. The average Bonchev–Trinajstić information content (AvgIpc) is 2.60. The number of carbonyl (C=O) groups is 2. The number of rotatable bonds is 5. The Hall–Kier alpha value is -2.89. The maximum Gasteiger partial charge on any atom is 0.275 e. The lowest BCUT2D eigenvalue weighted by atomic mass is 10.1. The molecule has 1 aromatic carbocycles. The van der Waals surface area contributed by atoms with Gasteiger partial charge in [0.1, 0.15) is 5.56 Å². The minimum Gasteiger partial charge on any atom is -0.477 e. The molecule has 0 saturated carbocycles. The quantitative estimate of drug-likeness (QED) is 0.829. The van der Waals surface area contributed by atoms with Crippen LogP contribution >= 0.6 is 0 Å². The van der Waals surface area contributed by atoms with Gasteiger partial charge in [0.25, 0.3) is 11.8 Å². The van der Waals surface area contributed by atoms with Gasteiger partial charge in [0.15, 0.2) is 0 Å². The molecule has 120 valence electrons. The van der Waals surface area contributed by atoms with Crippen LogP contribution in [0.25, 0.3) is 0 Å². The van der Waals surface area contributed by atoms with Crippen LogP contribution in [0.4, 0.5) is 0 Å². The third-order valence-electron chi connectivity index (χ3n) is 3.21. The highest BCUT2D eigenvalue weighted by molar-refractivity contribution is 6.00. The van der Waals surface area contributed by atoms with Crippen LogP contribution in [0.1, 0.15) is 40.1 Å². The number of ether oxygens (including phenoxy) is 1. The number of pyridine rings is 1. The number of hydrogen-bond acceptors (Lipinski definition) is 4. The molecule has 1 heterocycles. The fraction of sp³-hybridized carbons (Fsp3) is 0.235. The van der Waals surface area contributed by atoms with Gasteiger partial charge in [-0.1, -0.05) is 19.1 Å². The van der Waals surface area contributed by atoms with Crippen LogP contribution < -0.4 is 15.6 Å². The summed E-state index contributed by atoms with van der Waals surface area (Å²) in [5.41, 5.74) is 6.62. The third kappa shape index (κ3) is 4.29. The molecule has 0 unspecified atom stereocenters. The number of nitrogens with zero attached hydrogens (tertiary/aromatic N) is 1. The van der Waals surface area contributed by atoms with Crippen molar-refractivity contribution in [3.05, 3.63) is 59.3 Å². The molecule has 0 fully saturated rings. The number of aromatic nitrogens is 1. The van der Waals surface area contributed by atoms with E-state index in [4.69, 9.17) is 4.74 Å². The number of benzene rings is 1. The molecular formula is C17H19N3O3. The Balaban J connectivity index is 1.99. The number of nitrogens with one attached hydrogen (secondary N) is 2. The zero-order chi connectivity index (χ0) is 16.7. The lowest BCUT2D eigenvalue weighted by molar-refractivity contribution is 0.0844. The first kappa shape index (κ1) is 16.5. The van der Waals surface area contributed by atoms with Gasteiger partial charge in [0, 0.05) is 11.8 Å². The molecule has 0 spiro atoms. The van der Waals surface area contributed by atoms with Gasteiger partial charge in [-0.05, 0) is 43.2 Å². The SMILES string of the molecule is CCOc1ncccc1C(=O)NNC(=O)c1ccc(CC)cc1. The van der Waals surface area contributed by atoms with Gasteiger partial charge in [-0.3, -0.25) is 20.4 Å². The van der Waals surface area contributed by atoms with Crippen molar-refractivity contribution in [3.8, 4) is 5.88 Å². The molecule has 6 heteroatoms. The van der Waals surface area contributed by atoms with Crippen molar-refractivity contribution in [1.29, 1.82) is 0 Å². The van der Waals surface area contributed by atoms with Crippen molar-refractivity contribution < 1.29 is 14.3 Å². The molecule has 0 bridgehead atoms. The van der Waals surface area contributed by atoms with Crippen molar-refractivity contribution in [2.24, 2.45) is 0 Å². The molecule has 0 aliphatic heterocycles. The minimum atomic E-state index is -0.486. The first-order valence-corrected chi connectivity index (χ1v) is 7.43. The maximum atomic E-state index is 12.1. The van der Waals surface area contributed by atoms with E-state index < -0.39 is 5.91 Å². The standard InChI is InChI=1S/C17H19N3O3/c1-3-12-7-9-13(10-8-12)15(21)19-20-16(22)14-6-5-11-18-17(14)23-4-2/h5-11H,3-4H2,1-2H3,(H,19,21)(H,20,22). The summed E-state index contributed by atoms with van der Waals surface area (Å²) < 4.78 is 5.29. The number of amides is 2. The largest absolute Gasteiger partial charge is 0.477 e. The second-order valence-corrected chi connectivity index (χ2v) is 4.75. The van der Waals surface area contributed by atoms with Gasteiger partial charge in [0.05, 0.1) is 6.61 Å². The summed E-state index contributed by atoms with van der Waals surface area (Å²) in [4.78, 5) is 28.1. The van der Waals surface area contributed by atoms with Crippen molar-refractivity contribution in [2.75, 3.05) is 6.61 Å². The highest BCUT2D eigenvalue weighted by atomic mass is 16.5. The molecule has 0 radical (unpaired) electrons. The Morgan fingerprint density at radius 1 is 1.04 bits per heavy atom. The zero-order valence-electron chi connectivity index (χ0n) is 13.1. The molecule has 0 aliphatic rings. The normalized spacial score (nSPS) is 10.0. The summed E-state index contributed by atoms with van der Waals surface area (Å²) >= 11 is 0. The van der Waals surface area contributed by atoms with E-state index in [9.17, 15) is 9.59 Å². The van der Waals surface area contributed by atoms with Gasteiger partial charge in [0.2, 0.25) is 5.88 Å². The van der Waals surface area contributed by atoms with Crippen LogP contribution in [-0.4, -0.2) is 23.4 Å². The van der Waals surface area contributed by atoms with Gasteiger partial charge >= 0.3 is 0 Å². The fourth-order valence-corrected chi connectivity index (χ4v) is 1.96. The van der Waals surface area contributed by atoms with Gasteiger partial charge < -0.3 is 4.74 Å². The molecule has 1 aromatic heterocycles. The summed E-state index contributed by atoms with van der Waals surface area (Å²) in [5.74, 6) is -0.642. The van der Waals surface area contributed by atoms with Crippen molar-refractivity contribution in [1.82, 2.24) is 15.8 Å². The lowest BCUT2D eigenvalue weighted by Crippen LogP contribution is -2.41. The Kier molecular flexibility index (Phi) is 5.68. The van der Waals surface area contributed by atoms with Crippen LogP contribution in [-0.2, 0) is 6.42 Å². The molecular weight excluding hydrogens is 294 g/mol. The fourth-order valence-electron chi connectivity index (χ4n) is 1.96. The maximum absolute atomic E-state index is 12.1. The Morgan fingerprint density at radius 3 is 2.39 bits per heavy atom. The molecule has 0 aliphatic carbocycles. The van der Waals surface area contributed by atoms with E-state index in [1.807, 2.05) is 19.1 Å². The van der Waals surface area contributed by atoms with Gasteiger partial charge in [-0.15, -0.1) is 0 Å². The number of hydrogen-bond donors (Lipinski definition) is 2. The summed E-state index contributed by atoms with van der Waals surface area (Å²) in [6, 6.07) is 10.4. The highest BCUT2D eigenvalue weighted by Gasteiger charge is 2.14. The smallest absolute Gasteiger partial charge is 0.275 e. The summed E-state index contributed by atoms with van der Waals surface area (Å²) in [6.07, 6.45) is 2.44. The van der Waals surface area contributed by atoms with E-state index in [0.29, 0.717) is 12.2 Å². The molecule has 2 aromatic rings. The van der Waals surface area contributed by atoms with Crippen LogP contribution in [0.5, 0.6) is 5.88 Å². The van der Waals surface area contributed by atoms with Crippen LogP contribution in [0.2, 0.25) is 0 Å². The number of aryl methyl sites for hydroxylation is 1.